The molecular formula is C19H20F2N4O3. The first-order chi connectivity index (χ1) is 13.4. The zero-order chi connectivity index (χ0) is 19.6. The van der Waals surface area contributed by atoms with E-state index < -0.39 is 29.5 Å². The van der Waals surface area contributed by atoms with Gasteiger partial charge in [-0.05, 0) is 19.3 Å². The van der Waals surface area contributed by atoms with E-state index in [4.69, 9.17) is 0 Å². The van der Waals surface area contributed by atoms with Crippen LogP contribution in [0.25, 0.3) is 0 Å². The Kier molecular flexibility index (Phi) is 3.90. The molecule has 0 aliphatic carbocycles. The summed E-state index contributed by atoms with van der Waals surface area (Å²) >= 11 is 0. The first-order valence-corrected chi connectivity index (χ1v) is 9.59. The number of carbonyl (C=O) groups excluding carboxylic acids is 3. The molecule has 2 N–H and O–H groups in total. The standard InChI is InChI=1S/C19H20F2N4O3/c20-12-5-13(21)17(24-6-9-1-2-10(7-24)22-9)11-8-25(19(28)16(11)12)14-3-4-15(26)23-18(14)27/h5,9-10,14,22H,1-4,6-8H2,(H,23,26,27). The van der Waals surface area contributed by atoms with Crippen molar-refractivity contribution in [2.24, 2.45) is 0 Å². The highest BCUT2D eigenvalue weighted by Gasteiger charge is 2.44. The van der Waals surface area contributed by atoms with Gasteiger partial charge in [-0.25, -0.2) is 8.78 Å². The summed E-state index contributed by atoms with van der Waals surface area (Å²) in [5.74, 6) is -3.18. The van der Waals surface area contributed by atoms with Crippen molar-refractivity contribution in [1.82, 2.24) is 15.5 Å². The van der Waals surface area contributed by atoms with Crippen LogP contribution < -0.4 is 15.5 Å². The van der Waals surface area contributed by atoms with Gasteiger partial charge in [-0.2, -0.15) is 0 Å². The highest BCUT2D eigenvalue weighted by Crippen LogP contribution is 2.39. The van der Waals surface area contributed by atoms with Crippen molar-refractivity contribution in [3.8, 4) is 0 Å². The lowest BCUT2D eigenvalue weighted by Crippen LogP contribution is -2.52. The number of fused-ring (bicyclic) bond motifs is 3. The van der Waals surface area contributed by atoms with Gasteiger partial charge in [0.2, 0.25) is 11.8 Å². The number of carbonyl (C=O) groups is 3. The van der Waals surface area contributed by atoms with Gasteiger partial charge in [-0.3, -0.25) is 19.7 Å². The summed E-state index contributed by atoms with van der Waals surface area (Å²) in [5.41, 5.74) is 0.401. The lowest BCUT2D eigenvalue weighted by atomic mass is 10.0. The van der Waals surface area contributed by atoms with Crippen molar-refractivity contribution in [3.63, 3.8) is 0 Å². The van der Waals surface area contributed by atoms with Crippen LogP contribution in [0.5, 0.6) is 0 Å². The van der Waals surface area contributed by atoms with Crippen molar-refractivity contribution in [2.75, 3.05) is 18.0 Å². The third-order valence-electron chi connectivity index (χ3n) is 6.23. The maximum Gasteiger partial charge on any atom is 0.258 e. The van der Waals surface area contributed by atoms with E-state index in [1.54, 1.807) is 0 Å². The molecule has 1 aromatic rings. The zero-order valence-electron chi connectivity index (χ0n) is 15.1. The van der Waals surface area contributed by atoms with E-state index in [2.05, 4.69) is 10.6 Å². The highest BCUT2D eigenvalue weighted by atomic mass is 19.1. The highest BCUT2D eigenvalue weighted by molar-refractivity contribution is 6.06. The topological polar surface area (TPSA) is 81.8 Å². The normalized spacial score (nSPS) is 29.4. The van der Waals surface area contributed by atoms with Gasteiger partial charge < -0.3 is 15.1 Å². The molecule has 4 heterocycles. The molecule has 7 nitrogen and oxygen atoms in total. The Labute approximate surface area is 160 Å². The second-order valence-electron chi connectivity index (χ2n) is 7.99. The van der Waals surface area contributed by atoms with Crippen LogP contribution in [-0.4, -0.2) is 53.8 Å². The van der Waals surface area contributed by atoms with Gasteiger partial charge in [-0.15, -0.1) is 0 Å². The number of amides is 3. The molecule has 3 unspecified atom stereocenters. The largest absolute Gasteiger partial charge is 0.366 e. The molecule has 3 fully saturated rings. The molecule has 2 bridgehead atoms. The average molecular weight is 390 g/mol. The van der Waals surface area contributed by atoms with E-state index in [0.29, 0.717) is 18.7 Å². The molecule has 0 spiro atoms. The van der Waals surface area contributed by atoms with Crippen LogP contribution in [0.2, 0.25) is 0 Å². The minimum absolute atomic E-state index is 0.0380. The number of imide groups is 1. The molecule has 3 saturated heterocycles. The van der Waals surface area contributed by atoms with Crippen LogP contribution in [-0.2, 0) is 16.1 Å². The Hall–Kier alpha value is -2.55. The minimum atomic E-state index is -0.908. The van der Waals surface area contributed by atoms with Crippen molar-refractivity contribution >= 4 is 23.4 Å². The minimum Gasteiger partial charge on any atom is -0.366 e. The fourth-order valence-electron chi connectivity index (χ4n) is 4.98. The molecule has 0 radical (unpaired) electrons. The Balaban J connectivity index is 1.52. The molecule has 148 valence electrons. The molecular weight excluding hydrogens is 370 g/mol. The number of hydrogen-bond acceptors (Lipinski definition) is 5. The summed E-state index contributed by atoms with van der Waals surface area (Å²) in [5, 5.41) is 5.69. The summed E-state index contributed by atoms with van der Waals surface area (Å²) < 4.78 is 29.4. The van der Waals surface area contributed by atoms with Crippen molar-refractivity contribution in [2.45, 2.75) is 50.4 Å². The van der Waals surface area contributed by atoms with E-state index in [1.807, 2.05) is 4.90 Å². The van der Waals surface area contributed by atoms with Gasteiger partial charge in [-0.1, -0.05) is 0 Å². The van der Waals surface area contributed by atoms with Crippen LogP contribution in [0.3, 0.4) is 0 Å². The molecule has 5 rings (SSSR count). The quantitative estimate of drug-likeness (QED) is 0.726. The monoisotopic (exact) mass is 390 g/mol. The SMILES string of the molecule is O=C1CCC(N2Cc3c(c(F)cc(F)c3N3CC4CCC(C3)N4)C2=O)C(=O)N1. The van der Waals surface area contributed by atoms with E-state index in [0.717, 1.165) is 18.9 Å². The second-order valence-corrected chi connectivity index (χ2v) is 7.99. The number of piperazine rings is 1. The van der Waals surface area contributed by atoms with Crippen LogP contribution in [0, 0.1) is 11.6 Å². The van der Waals surface area contributed by atoms with E-state index in [-0.39, 0.29) is 48.6 Å². The molecule has 28 heavy (non-hydrogen) atoms. The first-order valence-electron chi connectivity index (χ1n) is 9.59. The van der Waals surface area contributed by atoms with E-state index in [9.17, 15) is 23.2 Å². The lowest BCUT2D eigenvalue weighted by molar-refractivity contribution is -0.136. The molecule has 9 heteroatoms. The summed E-state index contributed by atoms with van der Waals surface area (Å²) in [7, 11) is 0. The van der Waals surface area contributed by atoms with Gasteiger partial charge in [0.15, 0.2) is 0 Å². The molecule has 4 aliphatic rings. The number of anilines is 1. The number of nitrogens with zero attached hydrogens (tertiary/aromatic N) is 2. The maximum atomic E-state index is 14.8. The van der Waals surface area contributed by atoms with Crippen LogP contribution in [0.1, 0.15) is 41.6 Å². The Bertz CT molecular complexity index is 894. The van der Waals surface area contributed by atoms with Gasteiger partial charge >= 0.3 is 0 Å². The first kappa shape index (κ1) is 17.5. The van der Waals surface area contributed by atoms with Crippen molar-refractivity contribution in [3.05, 3.63) is 28.8 Å². The zero-order valence-corrected chi connectivity index (χ0v) is 15.1. The molecule has 3 atom stereocenters. The van der Waals surface area contributed by atoms with Crippen molar-refractivity contribution in [1.29, 1.82) is 0 Å². The summed E-state index contributed by atoms with van der Waals surface area (Å²) in [6.07, 6.45) is 2.31. The fourth-order valence-corrected chi connectivity index (χ4v) is 4.98. The predicted octanol–water partition coefficient (Wildman–Crippen LogP) is 0.666. The Morgan fingerprint density at radius 2 is 1.71 bits per heavy atom. The third-order valence-corrected chi connectivity index (χ3v) is 6.23. The molecule has 0 saturated carbocycles. The molecule has 3 amide bonds. The maximum absolute atomic E-state index is 14.8. The third kappa shape index (κ3) is 2.60. The predicted molar refractivity (Wildman–Crippen MR) is 94.6 cm³/mol. The molecule has 4 aliphatic heterocycles. The number of halogens is 2. The van der Waals surface area contributed by atoms with Crippen LogP contribution in [0.4, 0.5) is 14.5 Å². The Morgan fingerprint density at radius 1 is 1.00 bits per heavy atom. The van der Waals surface area contributed by atoms with Gasteiger partial charge in [0.25, 0.3) is 5.91 Å². The van der Waals surface area contributed by atoms with Crippen LogP contribution >= 0.6 is 0 Å². The summed E-state index contributed by atoms with van der Waals surface area (Å²) in [6, 6.07) is 0.417. The Morgan fingerprint density at radius 3 is 2.39 bits per heavy atom. The molecule has 1 aromatic carbocycles. The van der Waals surface area contributed by atoms with Crippen LogP contribution in [0.15, 0.2) is 6.07 Å². The van der Waals surface area contributed by atoms with Gasteiger partial charge in [0.1, 0.15) is 17.7 Å². The number of piperidine rings is 1. The van der Waals surface area contributed by atoms with Crippen molar-refractivity contribution < 1.29 is 23.2 Å². The van der Waals surface area contributed by atoms with E-state index >= 15 is 0 Å². The van der Waals surface area contributed by atoms with Gasteiger partial charge in [0, 0.05) is 49.8 Å². The smallest absolute Gasteiger partial charge is 0.258 e. The second kappa shape index (κ2) is 6.23. The fraction of sp³-hybridized carbons (Fsp3) is 0.526. The lowest BCUT2D eigenvalue weighted by Gasteiger charge is -2.36. The summed E-state index contributed by atoms with van der Waals surface area (Å²) in [4.78, 5) is 39.7. The van der Waals surface area contributed by atoms with E-state index in [1.165, 1.54) is 4.90 Å². The number of nitrogens with one attached hydrogen (secondary N) is 2. The number of rotatable bonds is 2. The molecule has 0 aromatic heterocycles. The number of benzene rings is 1. The van der Waals surface area contributed by atoms with Gasteiger partial charge in [0.05, 0.1) is 11.3 Å². The number of hydrogen-bond donors (Lipinski definition) is 2. The summed E-state index contributed by atoms with van der Waals surface area (Å²) in [6.45, 7) is 1.15. The average Bonchev–Trinajstić information content (AvgIpc) is 3.14.